The molecule has 0 fully saturated rings. The lowest BCUT2D eigenvalue weighted by Gasteiger charge is -2.39. The van der Waals surface area contributed by atoms with E-state index in [2.05, 4.69) is 0 Å². The normalized spacial score (nSPS) is 22.7. The van der Waals surface area contributed by atoms with Crippen LogP contribution in [0.15, 0.2) is 53.4 Å². The van der Waals surface area contributed by atoms with E-state index in [0.29, 0.717) is 0 Å². The number of hydrogen-bond donors (Lipinski definition) is 2. The maximum Gasteiger partial charge on any atom is 0.314 e. The highest BCUT2D eigenvalue weighted by Crippen LogP contribution is 2.49. The fourth-order valence-corrected chi connectivity index (χ4v) is 5.16. The van der Waals surface area contributed by atoms with Crippen LogP contribution in [0, 0.1) is 5.41 Å². The number of aliphatic carboxylic acids is 2. The molecular formula is C23H22Cl2O7S. The number of halogens is 2. The van der Waals surface area contributed by atoms with Crippen molar-refractivity contribution in [1.29, 1.82) is 0 Å². The van der Waals surface area contributed by atoms with Gasteiger partial charge < -0.3 is 14.9 Å². The molecule has 1 aliphatic rings. The predicted molar refractivity (Wildman–Crippen MR) is 124 cm³/mol. The van der Waals surface area contributed by atoms with Crippen molar-refractivity contribution in [3.8, 4) is 11.5 Å². The van der Waals surface area contributed by atoms with Crippen molar-refractivity contribution in [2.45, 2.75) is 37.0 Å². The molecule has 0 saturated carbocycles. The number of sulfone groups is 1. The maximum atomic E-state index is 12.7. The quantitative estimate of drug-likeness (QED) is 0.480. The van der Waals surface area contributed by atoms with Gasteiger partial charge in [0.1, 0.15) is 21.9 Å². The zero-order valence-corrected chi connectivity index (χ0v) is 20.2. The van der Waals surface area contributed by atoms with Crippen molar-refractivity contribution in [3.05, 3.63) is 64.2 Å². The highest BCUT2D eigenvalue weighted by Gasteiger charge is 2.51. The summed E-state index contributed by atoms with van der Waals surface area (Å²) in [5, 5.41) is 20.4. The molecule has 0 radical (unpaired) electrons. The smallest absolute Gasteiger partial charge is 0.314 e. The first kappa shape index (κ1) is 25.1. The lowest BCUT2D eigenvalue weighted by atomic mass is 9.63. The Bertz CT molecular complexity index is 1260. The lowest BCUT2D eigenvalue weighted by Crippen LogP contribution is -2.45. The summed E-state index contributed by atoms with van der Waals surface area (Å²) in [4.78, 5) is 24.5. The van der Waals surface area contributed by atoms with E-state index in [0.717, 1.165) is 0 Å². The van der Waals surface area contributed by atoms with Gasteiger partial charge in [-0.1, -0.05) is 48.3 Å². The monoisotopic (exact) mass is 512 g/mol. The summed E-state index contributed by atoms with van der Waals surface area (Å²) in [6.45, 7) is 2.90. The number of hydrogen-bond acceptors (Lipinski definition) is 5. The van der Waals surface area contributed by atoms with Gasteiger partial charge in [0.05, 0.1) is 21.1 Å². The zero-order chi connectivity index (χ0) is 24.6. The van der Waals surface area contributed by atoms with Gasteiger partial charge in [0, 0.05) is 5.56 Å². The van der Waals surface area contributed by atoms with Gasteiger partial charge in [-0.3, -0.25) is 9.59 Å². The Hall–Kier alpha value is -2.55. The molecule has 1 aliphatic carbocycles. The minimum Gasteiger partial charge on any atom is -0.481 e. The largest absolute Gasteiger partial charge is 0.481 e. The summed E-state index contributed by atoms with van der Waals surface area (Å²) in [5.74, 6) is -2.50. The zero-order valence-electron chi connectivity index (χ0n) is 17.8. The Kier molecular flexibility index (Phi) is 6.84. The number of carboxylic acid groups (broad SMARTS) is 2. The molecule has 2 aromatic rings. The summed E-state index contributed by atoms with van der Waals surface area (Å²) in [6.07, 6.45) is 2.58. The van der Waals surface area contributed by atoms with E-state index in [1.165, 1.54) is 50.3 Å². The molecule has 0 heterocycles. The van der Waals surface area contributed by atoms with Gasteiger partial charge in [-0.25, -0.2) is 8.42 Å². The summed E-state index contributed by atoms with van der Waals surface area (Å²) in [6, 6.07) is 8.61. The van der Waals surface area contributed by atoms with Crippen LogP contribution >= 0.6 is 23.2 Å². The molecule has 0 aromatic heterocycles. The van der Waals surface area contributed by atoms with Crippen LogP contribution in [-0.2, 0) is 24.8 Å². The molecule has 2 aromatic carbocycles. The Balaban J connectivity index is 2.29. The standard InChI is InChI=1S/C23H22Cl2O7S/c1-3-33(30,31)14-8-9-17(32-18-7-4-6-16(24)19(18)25)15(12-14)23(21(28)29)11-5-10-22(2,13-23)20(26)27/h4-10,12H,3,11,13H2,1-2H3,(H,26,27)(H,28,29). The van der Waals surface area contributed by atoms with Crippen LogP contribution in [0.25, 0.3) is 0 Å². The fraction of sp³-hybridized carbons (Fsp3) is 0.304. The second kappa shape index (κ2) is 9.00. The second-order valence-electron chi connectivity index (χ2n) is 8.11. The Morgan fingerprint density at radius 1 is 1.09 bits per heavy atom. The minimum atomic E-state index is -3.69. The van der Waals surface area contributed by atoms with Gasteiger partial charge in [0.2, 0.25) is 0 Å². The first-order chi connectivity index (χ1) is 15.4. The molecule has 0 aliphatic heterocycles. The average Bonchev–Trinajstić information content (AvgIpc) is 2.76. The number of rotatable bonds is 7. The number of benzene rings is 2. The van der Waals surface area contributed by atoms with E-state index in [-0.39, 0.29) is 50.6 Å². The topological polar surface area (TPSA) is 118 Å². The highest BCUT2D eigenvalue weighted by molar-refractivity contribution is 7.91. The maximum absolute atomic E-state index is 12.7. The minimum absolute atomic E-state index is 0.0393. The molecule has 0 amide bonds. The Morgan fingerprint density at radius 2 is 1.79 bits per heavy atom. The van der Waals surface area contributed by atoms with Crippen molar-refractivity contribution in [2.75, 3.05) is 5.75 Å². The molecule has 0 bridgehead atoms. The Morgan fingerprint density at radius 3 is 2.39 bits per heavy atom. The summed E-state index contributed by atoms with van der Waals surface area (Å²) < 4.78 is 31.1. The molecule has 0 saturated heterocycles. The van der Waals surface area contributed by atoms with Gasteiger partial charge in [-0.2, -0.15) is 0 Å². The molecule has 33 heavy (non-hydrogen) atoms. The van der Waals surface area contributed by atoms with Crippen LogP contribution in [0.5, 0.6) is 11.5 Å². The fourth-order valence-electron chi connectivity index (χ4n) is 3.92. The first-order valence-electron chi connectivity index (χ1n) is 10.00. The van der Waals surface area contributed by atoms with Crippen LogP contribution < -0.4 is 4.74 Å². The molecule has 0 spiro atoms. The number of allylic oxidation sites excluding steroid dienone is 1. The van der Waals surface area contributed by atoms with Gasteiger partial charge in [0.25, 0.3) is 0 Å². The third kappa shape index (κ3) is 4.60. The van der Waals surface area contributed by atoms with E-state index in [1.54, 1.807) is 12.1 Å². The summed E-state index contributed by atoms with van der Waals surface area (Å²) in [7, 11) is -3.69. The van der Waals surface area contributed by atoms with Crippen LogP contribution in [0.3, 0.4) is 0 Å². The second-order valence-corrected chi connectivity index (χ2v) is 11.2. The molecule has 2 atom stereocenters. The van der Waals surface area contributed by atoms with Crippen LogP contribution in [-0.4, -0.2) is 36.3 Å². The van der Waals surface area contributed by atoms with Gasteiger partial charge in [0.15, 0.2) is 9.84 Å². The van der Waals surface area contributed by atoms with Crippen LogP contribution in [0.2, 0.25) is 10.0 Å². The van der Waals surface area contributed by atoms with Crippen LogP contribution in [0.1, 0.15) is 32.3 Å². The first-order valence-corrected chi connectivity index (χ1v) is 12.4. The highest BCUT2D eigenvalue weighted by atomic mass is 35.5. The van der Waals surface area contributed by atoms with Gasteiger partial charge >= 0.3 is 11.9 Å². The van der Waals surface area contributed by atoms with Crippen LogP contribution in [0.4, 0.5) is 0 Å². The molecule has 176 valence electrons. The van der Waals surface area contributed by atoms with E-state index in [4.69, 9.17) is 27.9 Å². The SMILES string of the molecule is CCS(=O)(=O)c1ccc(Oc2cccc(Cl)c2Cl)c(C2(C(=O)O)CC=CC(C)(C(=O)O)C2)c1. The summed E-state index contributed by atoms with van der Waals surface area (Å²) >= 11 is 12.3. The third-order valence-electron chi connectivity index (χ3n) is 5.86. The van der Waals surface area contributed by atoms with Crippen molar-refractivity contribution in [1.82, 2.24) is 0 Å². The van der Waals surface area contributed by atoms with E-state index in [1.807, 2.05) is 0 Å². The summed E-state index contributed by atoms with van der Waals surface area (Å²) in [5.41, 5.74) is -3.21. The molecule has 2 N–H and O–H groups in total. The van der Waals surface area contributed by atoms with Crippen molar-refractivity contribution in [2.24, 2.45) is 5.41 Å². The molecule has 10 heteroatoms. The third-order valence-corrected chi connectivity index (χ3v) is 8.39. The average molecular weight is 513 g/mol. The van der Waals surface area contributed by atoms with Crippen molar-refractivity contribution in [3.63, 3.8) is 0 Å². The number of carboxylic acids is 2. The van der Waals surface area contributed by atoms with Gasteiger partial charge in [-0.15, -0.1) is 0 Å². The molecular weight excluding hydrogens is 491 g/mol. The number of carbonyl (C=O) groups is 2. The molecule has 3 rings (SSSR count). The van der Waals surface area contributed by atoms with E-state index >= 15 is 0 Å². The molecule has 7 nitrogen and oxygen atoms in total. The Labute approximate surface area is 201 Å². The lowest BCUT2D eigenvalue weighted by molar-refractivity contribution is -0.151. The van der Waals surface area contributed by atoms with Crippen molar-refractivity contribution < 1.29 is 33.0 Å². The predicted octanol–water partition coefficient (Wildman–Crippen LogP) is 5.34. The molecule has 2 unspecified atom stereocenters. The van der Waals surface area contributed by atoms with E-state index < -0.39 is 32.6 Å². The van der Waals surface area contributed by atoms with Crippen molar-refractivity contribution >= 4 is 45.0 Å². The number of ether oxygens (including phenoxy) is 1. The van der Waals surface area contributed by atoms with Gasteiger partial charge in [-0.05, 0) is 50.1 Å². The van der Waals surface area contributed by atoms with E-state index in [9.17, 15) is 28.2 Å².